The summed E-state index contributed by atoms with van der Waals surface area (Å²) in [7, 11) is 0. The molecule has 2 heterocycles. The van der Waals surface area contributed by atoms with Crippen molar-refractivity contribution in [3.05, 3.63) is 21.3 Å². The van der Waals surface area contributed by atoms with Gasteiger partial charge in [-0.2, -0.15) is 11.8 Å². The molecule has 0 aromatic carbocycles. The summed E-state index contributed by atoms with van der Waals surface area (Å²) >= 11 is 9.54. The van der Waals surface area contributed by atoms with E-state index in [0.29, 0.717) is 6.04 Å². The number of hydrogen-bond acceptors (Lipinski definition) is 3. The first-order valence-electron chi connectivity index (χ1n) is 4.34. The Morgan fingerprint density at radius 1 is 1.62 bits per heavy atom. The van der Waals surface area contributed by atoms with Crippen LogP contribution in [0.5, 0.6) is 0 Å². The zero-order chi connectivity index (χ0) is 9.26. The lowest BCUT2D eigenvalue weighted by atomic mass is 10.2. The van der Waals surface area contributed by atoms with Crippen molar-refractivity contribution in [3.8, 4) is 0 Å². The molecule has 0 bridgehead atoms. The van der Waals surface area contributed by atoms with Crippen molar-refractivity contribution in [3.63, 3.8) is 0 Å². The van der Waals surface area contributed by atoms with Crippen molar-refractivity contribution in [2.75, 3.05) is 12.3 Å². The first-order valence-corrected chi connectivity index (χ1v) is 6.65. The van der Waals surface area contributed by atoms with E-state index in [1.54, 1.807) is 11.3 Å². The van der Waals surface area contributed by atoms with Crippen molar-refractivity contribution in [1.29, 1.82) is 0 Å². The van der Waals surface area contributed by atoms with Crippen molar-refractivity contribution in [1.82, 2.24) is 5.32 Å². The number of hydrogen-bond donors (Lipinski definition) is 1. The maximum Gasteiger partial charge on any atom is 0.0931 e. The van der Waals surface area contributed by atoms with Gasteiger partial charge in [0.25, 0.3) is 0 Å². The molecule has 0 saturated carbocycles. The highest BCUT2D eigenvalue weighted by molar-refractivity contribution is 8.00. The van der Waals surface area contributed by atoms with Gasteiger partial charge in [-0.15, -0.1) is 11.3 Å². The molecule has 1 aliphatic heterocycles. The molecule has 0 radical (unpaired) electrons. The Morgan fingerprint density at radius 2 is 2.46 bits per heavy atom. The first kappa shape index (κ1) is 9.84. The van der Waals surface area contributed by atoms with Crippen molar-refractivity contribution in [2.45, 2.75) is 18.2 Å². The van der Waals surface area contributed by atoms with Crippen LogP contribution in [0.2, 0.25) is 4.34 Å². The van der Waals surface area contributed by atoms with Crippen molar-refractivity contribution < 1.29 is 0 Å². The summed E-state index contributed by atoms with van der Waals surface area (Å²) in [6, 6.07) is 2.57. The van der Waals surface area contributed by atoms with Crippen LogP contribution in [0.3, 0.4) is 0 Å². The summed E-state index contributed by atoms with van der Waals surface area (Å²) in [5, 5.41) is 6.42. The average Bonchev–Trinajstić information content (AvgIpc) is 2.53. The zero-order valence-electron chi connectivity index (χ0n) is 7.42. The molecule has 4 heteroatoms. The summed E-state index contributed by atoms with van der Waals surface area (Å²) in [5.74, 6) is 1.16. The molecule has 72 valence electrons. The van der Waals surface area contributed by atoms with Crippen LogP contribution in [0.15, 0.2) is 11.4 Å². The van der Waals surface area contributed by atoms with Crippen molar-refractivity contribution in [2.24, 2.45) is 0 Å². The highest BCUT2D eigenvalue weighted by Crippen LogP contribution is 2.30. The number of halogens is 1. The molecule has 1 aliphatic rings. The van der Waals surface area contributed by atoms with E-state index < -0.39 is 0 Å². The van der Waals surface area contributed by atoms with Gasteiger partial charge in [0.15, 0.2) is 0 Å². The highest BCUT2D eigenvalue weighted by Gasteiger charge is 2.19. The standard InChI is InChI=1S/C9H12ClNS2/c1-6-3-11-8(5-12-6)7-2-9(10)13-4-7/h2,4,6,8,11H,3,5H2,1H3. The van der Waals surface area contributed by atoms with E-state index in [9.17, 15) is 0 Å². The third-order valence-electron chi connectivity index (χ3n) is 2.19. The quantitative estimate of drug-likeness (QED) is 0.800. The maximum atomic E-state index is 5.89. The molecule has 1 fully saturated rings. The van der Waals surface area contributed by atoms with E-state index in [1.807, 2.05) is 11.8 Å². The van der Waals surface area contributed by atoms with Crippen LogP contribution in [0.25, 0.3) is 0 Å². The van der Waals surface area contributed by atoms with Gasteiger partial charge in [-0.1, -0.05) is 18.5 Å². The molecule has 1 aromatic rings. The van der Waals surface area contributed by atoms with Gasteiger partial charge in [0.05, 0.1) is 4.34 Å². The molecule has 1 saturated heterocycles. The van der Waals surface area contributed by atoms with Gasteiger partial charge in [0.1, 0.15) is 0 Å². The normalized spacial score (nSPS) is 29.1. The van der Waals surface area contributed by atoms with Crippen LogP contribution < -0.4 is 5.32 Å². The SMILES string of the molecule is CC1CNC(c2csc(Cl)c2)CS1. The number of thiophene rings is 1. The summed E-state index contributed by atoms with van der Waals surface area (Å²) in [6.07, 6.45) is 0. The second-order valence-electron chi connectivity index (χ2n) is 3.29. The lowest BCUT2D eigenvalue weighted by Crippen LogP contribution is -2.34. The first-order chi connectivity index (χ1) is 6.25. The predicted molar refractivity (Wildman–Crippen MR) is 62.0 cm³/mol. The molecule has 1 aromatic heterocycles. The van der Waals surface area contributed by atoms with E-state index >= 15 is 0 Å². The van der Waals surface area contributed by atoms with Crippen LogP contribution in [-0.4, -0.2) is 17.5 Å². The Bertz CT molecular complexity index is 279. The van der Waals surface area contributed by atoms with E-state index in [4.69, 9.17) is 11.6 Å². The van der Waals surface area contributed by atoms with Gasteiger partial charge in [0.2, 0.25) is 0 Å². The lowest BCUT2D eigenvalue weighted by Gasteiger charge is -2.26. The van der Waals surface area contributed by atoms with Crippen LogP contribution in [0.4, 0.5) is 0 Å². The van der Waals surface area contributed by atoms with E-state index in [0.717, 1.165) is 21.9 Å². The molecule has 0 aliphatic carbocycles. The molecule has 1 N–H and O–H groups in total. The van der Waals surface area contributed by atoms with E-state index in [1.165, 1.54) is 5.56 Å². The fourth-order valence-electron chi connectivity index (χ4n) is 1.41. The van der Waals surface area contributed by atoms with Crippen LogP contribution in [0.1, 0.15) is 18.5 Å². The second-order valence-corrected chi connectivity index (χ2v) is 6.30. The molecule has 0 amide bonds. The summed E-state index contributed by atoms with van der Waals surface area (Å²) < 4.78 is 0.889. The molecular weight excluding hydrogens is 222 g/mol. The molecule has 1 nitrogen and oxygen atoms in total. The summed E-state index contributed by atoms with van der Waals surface area (Å²) in [4.78, 5) is 0. The zero-order valence-corrected chi connectivity index (χ0v) is 9.81. The molecule has 2 rings (SSSR count). The van der Waals surface area contributed by atoms with Crippen LogP contribution >= 0.6 is 34.7 Å². The summed E-state index contributed by atoms with van der Waals surface area (Å²) in [6.45, 7) is 3.36. The minimum Gasteiger partial charge on any atom is -0.308 e. The molecular formula is C9H12ClNS2. The predicted octanol–water partition coefficient (Wildman–Crippen LogP) is 3.17. The second kappa shape index (κ2) is 4.22. The third kappa shape index (κ3) is 2.40. The largest absolute Gasteiger partial charge is 0.308 e. The van der Waals surface area contributed by atoms with Crippen LogP contribution in [-0.2, 0) is 0 Å². The van der Waals surface area contributed by atoms with Gasteiger partial charge in [-0.25, -0.2) is 0 Å². The summed E-state index contributed by atoms with van der Waals surface area (Å²) in [5.41, 5.74) is 1.34. The van der Waals surface area contributed by atoms with E-state index in [-0.39, 0.29) is 0 Å². The Balaban J connectivity index is 2.02. The Morgan fingerprint density at radius 3 is 3.00 bits per heavy atom. The number of nitrogens with one attached hydrogen (secondary N) is 1. The average molecular weight is 234 g/mol. The molecule has 0 spiro atoms. The Hall–Kier alpha value is 0.300. The Labute approximate surface area is 91.9 Å². The van der Waals surface area contributed by atoms with E-state index in [2.05, 4.69) is 23.7 Å². The monoisotopic (exact) mass is 233 g/mol. The fourth-order valence-corrected chi connectivity index (χ4v) is 3.40. The highest BCUT2D eigenvalue weighted by atomic mass is 35.5. The third-order valence-corrected chi connectivity index (χ3v) is 4.56. The maximum absolute atomic E-state index is 5.89. The van der Waals surface area contributed by atoms with Gasteiger partial charge >= 0.3 is 0 Å². The van der Waals surface area contributed by atoms with Crippen LogP contribution in [0, 0.1) is 0 Å². The smallest absolute Gasteiger partial charge is 0.0931 e. The van der Waals surface area contributed by atoms with Gasteiger partial charge in [-0.3, -0.25) is 0 Å². The molecule has 2 atom stereocenters. The topological polar surface area (TPSA) is 12.0 Å². The van der Waals surface area contributed by atoms with Gasteiger partial charge in [-0.05, 0) is 17.0 Å². The minimum absolute atomic E-state index is 0.505. The number of rotatable bonds is 1. The van der Waals surface area contributed by atoms with Gasteiger partial charge in [0, 0.05) is 23.6 Å². The molecule has 13 heavy (non-hydrogen) atoms. The van der Waals surface area contributed by atoms with Crippen molar-refractivity contribution >= 4 is 34.7 Å². The Kier molecular flexibility index (Phi) is 3.19. The van der Waals surface area contributed by atoms with Gasteiger partial charge < -0.3 is 5.32 Å². The minimum atomic E-state index is 0.505. The number of thioether (sulfide) groups is 1. The fraction of sp³-hybridized carbons (Fsp3) is 0.556. The lowest BCUT2D eigenvalue weighted by molar-refractivity contribution is 0.565. The molecule has 2 unspecified atom stereocenters.